The summed E-state index contributed by atoms with van der Waals surface area (Å²) in [5.74, 6) is 0.524. The van der Waals surface area contributed by atoms with Crippen molar-refractivity contribution in [3.63, 3.8) is 0 Å². The van der Waals surface area contributed by atoms with Gasteiger partial charge in [0.05, 0.1) is 41.6 Å². The molecule has 0 atom stereocenters. The molecule has 196 valence electrons. The van der Waals surface area contributed by atoms with Crippen LogP contribution in [0.15, 0.2) is 42.9 Å². The van der Waals surface area contributed by atoms with Gasteiger partial charge in [-0.1, -0.05) is 11.6 Å². The Hall–Kier alpha value is -2.86. The molecule has 0 aliphatic carbocycles. The number of halogens is 2. The summed E-state index contributed by atoms with van der Waals surface area (Å²) in [7, 11) is -3.06. The Balaban J connectivity index is 1.41. The van der Waals surface area contributed by atoms with Gasteiger partial charge in [0, 0.05) is 62.3 Å². The standard InChI is InChI=1S/C25H27ClFN5O4S/c26-21-16-28-4-3-19(21)25-24(29-17-23(30-25)32-8-13-37(33,34)14-9-32)20-2-1-18(15-22(20)27)36-12-7-31-5-10-35-11-6-31/h1-4,15-17H,5-14H2. The van der Waals surface area contributed by atoms with E-state index in [1.165, 1.54) is 18.5 Å². The summed E-state index contributed by atoms with van der Waals surface area (Å²) in [6.45, 7) is 4.94. The molecule has 2 aromatic heterocycles. The Morgan fingerprint density at radius 3 is 2.54 bits per heavy atom. The van der Waals surface area contributed by atoms with Crippen LogP contribution < -0.4 is 9.64 Å². The number of rotatable bonds is 7. The molecule has 37 heavy (non-hydrogen) atoms. The molecule has 0 N–H and O–H groups in total. The highest BCUT2D eigenvalue weighted by Gasteiger charge is 2.25. The number of anilines is 1. The largest absolute Gasteiger partial charge is 0.492 e. The average molecular weight is 548 g/mol. The number of ether oxygens (including phenoxy) is 2. The molecule has 0 radical (unpaired) electrons. The van der Waals surface area contributed by atoms with Gasteiger partial charge in [-0.2, -0.15) is 0 Å². The summed E-state index contributed by atoms with van der Waals surface area (Å²) in [5.41, 5.74) is 1.51. The fraction of sp³-hybridized carbons (Fsp3) is 0.400. The summed E-state index contributed by atoms with van der Waals surface area (Å²) in [6, 6.07) is 6.37. The zero-order chi connectivity index (χ0) is 25.8. The van der Waals surface area contributed by atoms with E-state index >= 15 is 4.39 Å². The number of pyridine rings is 1. The van der Waals surface area contributed by atoms with E-state index in [4.69, 9.17) is 26.1 Å². The van der Waals surface area contributed by atoms with E-state index in [-0.39, 0.29) is 17.1 Å². The van der Waals surface area contributed by atoms with E-state index < -0.39 is 15.7 Å². The number of benzene rings is 1. The van der Waals surface area contributed by atoms with Crippen LogP contribution in [0.5, 0.6) is 5.75 Å². The van der Waals surface area contributed by atoms with Crippen LogP contribution in [-0.2, 0) is 14.6 Å². The highest BCUT2D eigenvalue weighted by atomic mass is 35.5. The van der Waals surface area contributed by atoms with Gasteiger partial charge in [-0.15, -0.1) is 0 Å². The lowest BCUT2D eigenvalue weighted by atomic mass is 10.0. The number of nitrogens with zero attached hydrogens (tertiary/aromatic N) is 5. The quantitative estimate of drug-likeness (QED) is 0.442. The molecule has 0 saturated carbocycles. The van der Waals surface area contributed by atoms with Crippen LogP contribution in [0.25, 0.3) is 22.5 Å². The second-order valence-electron chi connectivity index (χ2n) is 8.86. The molecule has 1 aromatic carbocycles. The summed E-state index contributed by atoms with van der Waals surface area (Å²) >= 11 is 6.43. The highest BCUT2D eigenvalue weighted by molar-refractivity contribution is 7.91. The molecule has 9 nitrogen and oxygen atoms in total. The van der Waals surface area contributed by atoms with Crippen molar-refractivity contribution in [2.24, 2.45) is 0 Å². The lowest BCUT2D eigenvalue weighted by Crippen LogP contribution is -2.40. The molecular weight excluding hydrogens is 521 g/mol. The molecule has 2 aliphatic rings. The zero-order valence-electron chi connectivity index (χ0n) is 20.1. The van der Waals surface area contributed by atoms with Crippen LogP contribution in [0.1, 0.15) is 0 Å². The smallest absolute Gasteiger partial charge is 0.153 e. The van der Waals surface area contributed by atoms with Crippen LogP contribution in [-0.4, -0.2) is 92.3 Å². The number of hydrogen-bond acceptors (Lipinski definition) is 9. The Morgan fingerprint density at radius 2 is 1.81 bits per heavy atom. The van der Waals surface area contributed by atoms with Gasteiger partial charge in [0.25, 0.3) is 0 Å². The third kappa shape index (κ3) is 6.18. The maximum Gasteiger partial charge on any atom is 0.153 e. The number of aromatic nitrogens is 3. The first-order valence-electron chi connectivity index (χ1n) is 12.0. The first-order valence-corrected chi connectivity index (χ1v) is 14.2. The predicted molar refractivity (Wildman–Crippen MR) is 139 cm³/mol. The molecule has 5 rings (SSSR count). The van der Waals surface area contributed by atoms with Gasteiger partial charge >= 0.3 is 0 Å². The summed E-state index contributed by atoms with van der Waals surface area (Å²) < 4.78 is 50.2. The molecule has 0 bridgehead atoms. The van der Waals surface area contributed by atoms with E-state index in [1.54, 1.807) is 24.4 Å². The van der Waals surface area contributed by atoms with Crippen molar-refractivity contribution in [1.29, 1.82) is 0 Å². The first-order chi connectivity index (χ1) is 17.9. The monoisotopic (exact) mass is 547 g/mol. The van der Waals surface area contributed by atoms with E-state index in [0.717, 1.165) is 19.6 Å². The summed E-state index contributed by atoms with van der Waals surface area (Å²) in [6.07, 6.45) is 4.61. The molecule has 2 aliphatic heterocycles. The van der Waals surface area contributed by atoms with Crippen molar-refractivity contribution >= 4 is 27.3 Å². The number of hydrogen-bond donors (Lipinski definition) is 0. The van der Waals surface area contributed by atoms with Gasteiger partial charge in [0.2, 0.25) is 0 Å². The Labute approximate surface area is 220 Å². The lowest BCUT2D eigenvalue weighted by Gasteiger charge is -2.28. The second-order valence-corrected chi connectivity index (χ2v) is 11.6. The van der Waals surface area contributed by atoms with E-state index in [2.05, 4.69) is 14.9 Å². The average Bonchev–Trinajstić information content (AvgIpc) is 2.90. The summed E-state index contributed by atoms with van der Waals surface area (Å²) in [4.78, 5) is 17.5. The van der Waals surface area contributed by atoms with Crippen molar-refractivity contribution in [3.05, 3.63) is 53.7 Å². The van der Waals surface area contributed by atoms with Crippen molar-refractivity contribution in [1.82, 2.24) is 19.9 Å². The Bertz CT molecular complexity index is 1360. The van der Waals surface area contributed by atoms with Crippen LogP contribution in [0, 0.1) is 5.82 Å². The van der Waals surface area contributed by atoms with Crippen LogP contribution in [0.4, 0.5) is 10.2 Å². The van der Waals surface area contributed by atoms with Gasteiger partial charge in [-0.3, -0.25) is 9.88 Å². The Kier molecular flexibility index (Phi) is 7.84. The third-order valence-electron chi connectivity index (χ3n) is 6.43. The Morgan fingerprint density at radius 1 is 1.03 bits per heavy atom. The topological polar surface area (TPSA) is 97.8 Å². The molecule has 0 spiro atoms. The normalized spacial score (nSPS) is 18.1. The molecule has 0 unspecified atom stereocenters. The number of sulfone groups is 1. The molecule has 2 fully saturated rings. The SMILES string of the molecule is O=S1(=O)CCN(c2cnc(-c3ccc(OCCN4CCOCC4)cc3F)c(-c3ccncc3Cl)n2)CC1. The molecule has 12 heteroatoms. The first kappa shape index (κ1) is 25.8. The zero-order valence-corrected chi connectivity index (χ0v) is 21.7. The molecular formula is C25H27ClFN5O4S. The van der Waals surface area contributed by atoms with Gasteiger partial charge in [0.1, 0.15) is 29.7 Å². The summed E-state index contributed by atoms with van der Waals surface area (Å²) in [5, 5.41) is 0.347. The molecule has 4 heterocycles. The lowest BCUT2D eigenvalue weighted by molar-refractivity contribution is 0.0322. The molecule has 2 saturated heterocycles. The van der Waals surface area contributed by atoms with Crippen molar-refractivity contribution < 1.29 is 22.3 Å². The maximum atomic E-state index is 15.4. The van der Waals surface area contributed by atoms with E-state index in [0.29, 0.717) is 66.5 Å². The molecule has 0 amide bonds. The minimum absolute atomic E-state index is 0.0450. The van der Waals surface area contributed by atoms with Gasteiger partial charge < -0.3 is 14.4 Å². The number of morpholine rings is 1. The minimum atomic E-state index is -3.06. The van der Waals surface area contributed by atoms with E-state index in [9.17, 15) is 8.42 Å². The van der Waals surface area contributed by atoms with Gasteiger partial charge in [0.15, 0.2) is 9.84 Å². The van der Waals surface area contributed by atoms with E-state index in [1.807, 2.05) is 4.90 Å². The fourth-order valence-electron chi connectivity index (χ4n) is 4.32. The second kappa shape index (κ2) is 11.3. The van der Waals surface area contributed by atoms with Crippen LogP contribution in [0.3, 0.4) is 0 Å². The molecule has 3 aromatic rings. The van der Waals surface area contributed by atoms with Crippen molar-refractivity contribution in [2.45, 2.75) is 0 Å². The van der Waals surface area contributed by atoms with Crippen LogP contribution >= 0.6 is 11.6 Å². The van der Waals surface area contributed by atoms with Gasteiger partial charge in [-0.25, -0.2) is 22.8 Å². The van der Waals surface area contributed by atoms with Gasteiger partial charge in [-0.05, 0) is 18.2 Å². The van der Waals surface area contributed by atoms with Crippen molar-refractivity contribution in [2.75, 3.05) is 69.0 Å². The highest BCUT2D eigenvalue weighted by Crippen LogP contribution is 2.36. The van der Waals surface area contributed by atoms with Crippen LogP contribution in [0.2, 0.25) is 5.02 Å². The maximum absolute atomic E-state index is 15.4. The predicted octanol–water partition coefficient (Wildman–Crippen LogP) is 2.94. The third-order valence-corrected chi connectivity index (χ3v) is 8.34. The minimum Gasteiger partial charge on any atom is -0.492 e. The fourth-order valence-corrected chi connectivity index (χ4v) is 5.73. The van der Waals surface area contributed by atoms with Crippen molar-refractivity contribution in [3.8, 4) is 28.3 Å².